The van der Waals surface area contributed by atoms with Crippen LogP contribution in [0.4, 0.5) is 10.1 Å². The van der Waals surface area contributed by atoms with Crippen molar-refractivity contribution in [3.63, 3.8) is 0 Å². The average Bonchev–Trinajstić information content (AvgIpc) is 2.82. The summed E-state index contributed by atoms with van der Waals surface area (Å²) in [6.45, 7) is 0. The molecule has 3 nitrogen and oxygen atoms in total. The molecule has 1 aromatic heterocycles. The molecule has 1 heterocycles. The fourth-order valence-corrected chi connectivity index (χ4v) is 3.50. The SMILES string of the molecule is Fc1ccc(N=c2c3ccccc3c(-c3ccccc3)nn2-c2ccccc2)cc1. The molecule has 0 atom stereocenters. The second-order valence-corrected chi connectivity index (χ2v) is 6.92. The van der Waals surface area contributed by atoms with Crippen molar-refractivity contribution in [2.45, 2.75) is 0 Å². The second kappa shape index (κ2) is 7.76. The van der Waals surface area contributed by atoms with Crippen molar-refractivity contribution in [3.05, 3.63) is 120 Å². The Labute approximate surface area is 173 Å². The Morgan fingerprint density at radius 2 is 1.23 bits per heavy atom. The maximum atomic E-state index is 13.4. The van der Waals surface area contributed by atoms with Crippen LogP contribution < -0.4 is 5.49 Å². The van der Waals surface area contributed by atoms with Crippen LogP contribution in [0, 0.1) is 5.82 Å². The van der Waals surface area contributed by atoms with Gasteiger partial charge < -0.3 is 0 Å². The van der Waals surface area contributed by atoms with Gasteiger partial charge in [0, 0.05) is 16.3 Å². The maximum Gasteiger partial charge on any atom is 0.162 e. The molecule has 0 amide bonds. The molecule has 0 aliphatic rings. The van der Waals surface area contributed by atoms with E-state index in [9.17, 15) is 4.39 Å². The minimum atomic E-state index is -0.285. The molecule has 0 aliphatic heterocycles. The third-order valence-electron chi connectivity index (χ3n) is 4.93. The molecule has 0 unspecified atom stereocenters. The van der Waals surface area contributed by atoms with E-state index in [1.165, 1.54) is 12.1 Å². The molecule has 0 N–H and O–H groups in total. The van der Waals surface area contributed by atoms with Gasteiger partial charge in [0.15, 0.2) is 5.49 Å². The van der Waals surface area contributed by atoms with Gasteiger partial charge in [-0.05, 0) is 36.4 Å². The Bertz CT molecular complexity index is 1370. The van der Waals surface area contributed by atoms with Crippen molar-refractivity contribution in [1.82, 2.24) is 9.78 Å². The van der Waals surface area contributed by atoms with Crippen molar-refractivity contribution in [2.24, 2.45) is 4.99 Å². The second-order valence-electron chi connectivity index (χ2n) is 6.92. The van der Waals surface area contributed by atoms with Gasteiger partial charge in [0.25, 0.3) is 0 Å². The van der Waals surface area contributed by atoms with Crippen LogP contribution in [0.15, 0.2) is 114 Å². The average molecular weight is 391 g/mol. The van der Waals surface area contributed by atoms with Crippen LogP contribution in [-0.2, 0) is 0 Å². The van der Waals surface area contributed by atoms with Crippen LogP contribution in [0.2, 0.25) is 0 Å². The van der Waals surface area contributed by atoms with Gasteiger partial charge in [-0.25, -0.2) is 14.1 Å². The molecule has 0 bridgehead atoms. The molecule has 0 saturated carbocycles. The lowest BCUT2D eigenvalue weighted by molar-refractivity contribution is 0.628. The van der Waals surface area contributed by atoms with Crippen LogP contribution in [0.25, 0.3) is 27.7 Å². The van der Waals surface area contributed by atoms with Crippen molar-refractivity contribution < 1.29 is 4.39 Å². The number of hydrogen-bond donors (Lipinski definition) is 0. The molecule has 30 heavy (non-hydrogen) atoms. The fourth-order valence-electron chi connectivity index (χ4n) is 3.50. The summed E-state index contributed by atoms with van der Waals surface area (Å²) in [6, 6.07) is 34.3. The van der Waals surface area contributed by atoms with Gasteiger partial charge in [0.1, 0.15) is 5.82 Å². The summed E-state index contributed by atoms with van der Waals surface area (Å²) in [5, 5.41) is 6.99. The van der Waals surface area contributed by atoms with Gasteiger partial charge in [0.05, 0.1) is 17.1 Å². The fraction of sp³-hybridized carbons (Fsp3) is 0. The van der Waals surface area contributed by atoms with Gasteiger partial charge in [-0.1, -0.05) is 72.8 Å². The molecule has 144 valence electrons. The van der Waals surface area contributed by atoms with Gasteiger partial charge in [0.2, 0.25) is 0 Å². The van der Waals surface area contributed by atoms with Crippen molar-refractivity contribution in [1.29, 1.82) is 0 Å². The number of rotatable bonds is 3. The Kier molecular flexibility index (Phi) is 4.66. The lowest BCUT2D eigenvalue weighted by Crippen LogP contribution is -2.23. The Morgan fingerprint density at radius 3 is 1.93 bits per heavy atom. The number of benzene rings is 4. The highest BCUT2D eigenvalue weighted by atomic mass is 19.1. The summed E-state index contributed by atoms with van der Waals surface area (Å²) in [5.41, 5.74) is 4.18. The third kappa shape index (κ3) is 3.40. The Hall–Kier alpha value is -4.05. The van der Waals surface area contributed by atoms with E-state index in [4.69, 9.17) is 10.1 Å². The van der Waals surface area contributed by atoms with E-state index < -0.39 is 0 Å². The quantitative estimate of drug-likeness (QED) is 0.367. The first-order valence-electron chi connectivity index (χ1n) is 9.73. The smallest absolute Gasteiger partial charge is 0.162 e. The van der Waals surface area contributed by atoms with E-state index in [1.54, 1.807) is 12.1 Å². The molecule has 0 spiro atoms. The van der Waals surface area contributed by atoms with E-state index in [2.05, 4.69) is 18.2 Å². The van der Waals surface area contributed by atoms with Crippen molar-refractivity contribution >= 4 is 16.5 Å². The van der Waals surface area contributed by atoms with E-state index in [0.29, 0.717) is 11.2 Å². The molecular formula is C26H18FN3. The van der Waals surface area contributed by atoms with Crippen molar-refractivity contribution in [3.8, 4) is 16.9 Å². The first-order chi connectivity index (χ1) is 14.8. The molecular weight excluding hydrogens is 373 g/mol. The Balaban J connectivity index is 1.90. The van der Waals surface area contributed by atoms with Crippen LogP contribution in [0.3, 0.4) is 0 Å². The van der Waals surface area contributed by atoms with Gasteiger partial charge in [-0.2, -0.15) is 5.10 Å². The number of nitrogens with zero attached hydrogens (tertiary/aromatic N) is 3. The summed E-state index contributed by atoms with van der Waals surface area (Å²) in [5.74, 6) is -0.285. The zero-order chi connectivity index (χ0) is 20.3. The normalized spacial score (nSPS) is 11.7. The van der Waals surface area contributed by atoms with E-state index in [1.807, 2.05) is 71.4 Å². The molecule has 4 aromatic carbocycles. The first kappa shape index (κ1) is 18.0. The third-order valence-corrected chi connectivity index (χ3v) is 4.93. The van der Waals surface area contributed by atoms with Crippen LogP contribution in [0.1, 0.15) is 0 Å². The first-order valence-corrected chi connectivity index (χ1v) is 9.73. The summed E-state index contributed by atoms with van der Waals surface area (Å²) in [6.07, 6.45) is 0. The minimum Gasteiger partial charge on any atom is -0.229 e. The van der Waals surface area contributed by atoms with E-state index in [-0.39, 0.29) is 5.82 Å². The van der Waals surface area contributed by atoms with Crippen LogP contribution in [-0.4, -0.2) is 9.78 Å². The standard InChI is InChI=1S/C26H18FN3/c27-20-15-17-21(18-16-20)28-26-24-14-8-7-13-23(24)25(19-9-3-1-4-10-19)29-30(26)22-11-5-2-6-12-22/h1-18H. The lowest BCUT2D eigenvalue weighted by atomic mass is 10.0. The summed E-state index contributed by atoms with van der Waals surface area (Å²) < 4.78 is 15.3. The zero-order valence-electron chi connectivity index (χ0n) is 16.1. The maximum absolute atomic E-state index is 13.4. The monoisotopic (exact) mass is 391 g/mol. The highest BCUT2D eigenvalue weighted by Gasteiger charge is 2.12. The molecule has 0 aliphatic carbocycles. The lowest BCUT2D eigenvalue weighted by Gasteiger charge is -2.13. The Morgan fingerprint density at radius 1 is 0.633 bits per heavy atom. The van der Waals surface area contributed by atoms with Gasteiger partial charge in [-0.3, -0.25) is 0 Å². The topological polar surface area (TPSA) is 30.2 Å². The van der Waals surface area contributed by atoms with Crippen molar-refractivity contribution in [2.75, 3.05) is 0 Å². The summed E-state index contributed by atoms with van der Waals surface area (Å²) in [4.78, 5) is 4.86. The number of para-hydroxylation sites is 1. The summed E-state index contributed by atoms with van der Waals surface area (Å²) >= 11 is 0. The number of fused-ring (bicyclic) bond motifs is 1. The van der Waals surface area contributed by atoms with Gasteiger partial charge in [-0.15, -0.1) is 0 Å². The molecule has 0 saturated heterocycles. The van der Waals surface area contributed by atoms with Gasteiger partial charge >= 0.3 is 0 Å². The number of aromatic nitrogens is 2. The number of halogens is 1. The van der Waals surface area contributed by atoms with E-state index >= 15 is 0 Å². The molecule has 5 aromatic rings. The molecule has 4 heteroatoms. The molecule has 5 rings (SSSR count). The highest BCUT2D eigenvalue weighted by Crippen LogP contribution is 2.25. The molecule has 0 fully saturated rings. The van der Waals surface area contributed by atoms with Crippen LogP contribution in [0.5, 0.6) is 0 Å². The predicted molar refractivity (Wildman–Crippen MR) is 118 cm³/mol. The molecule has 0 radical (unpaired) electrons. The number of hydrogen-bond acceptors (Lipinski definition) is 2. The highest BCUT2D eigenvalue weighted by molar-refractivity contribution is 5.93. The van der Waals surface area contributed by atoms with E-state index in [0.717, 1.165) is 27.7 Å². The largest absolute Gasteiger partial charge is 0.229 e. The summed E-state index contributed by atoms with van der Waals surface area (Å²) in [7, 11) is 0. The minimum absolute atomic E-state index is 0.285. The van der Waals surface area contributed by atoms with Crippen LogP contribution >= 0.6 is 0 Å². The predicted octanol–water partition coefficient (Wildman–Crippen LogP) is 6.06. The zero-order valence-corrected chi connectivity index (χ0v) is 16.1.